The molecule has 0 spiro atoms. The fraction of sp³-hybridized carbons (Fsp3) is 0.833. The Morgan fingerprint density at radius 3 is 2.65 bits per heavy atom. The van der Waals surface area contributed by atoms with Gasteiger partial charge in [-0.05, 0) is 19.3 Å². The van der Waals surface area contributed by atoms with E-state index in [9.17, 15) is 14.4 Å². The second kappa shape index (κ2) is 12.0. The molecule has 2 aliphatic rings. The number of rotatable bonds is 9. The second-order valence-electron chi connectivity index (χ2n) is 6.92. The molecule has 7 nitrogen and oxygen atoms in total. The molecule has 0 saturated carbocycles. The molecule has 0 radical (unpaired) electrons. The third-order valence-corrected chi connectivity index (χ3v) is 6.26. The molecule has 0 aliphatic carbocycles. The number of unbranched alkanes of at least 4 members (excludes halogenated alkanes) is 2. The number of aliphatic carboxylic acids is 1. The van der Waals surface area contributed by atoms with Crippen molar-refractivity contribution in [3.05, 3.63) is 0 Å². The summed E-state index contributed by atoms with van der Waals surface area (Å²) in [5, 5.41) is 17.4. The zero-order chi connectivity index (χ0) is 19.5. The molecule has 2 aliphatic heterocycles. The van der Waals surface area contributed by atoms with Crippen molar-refractivity contribution in [2.75, 3.05) is 12.8 Å². The van der Waals surface area contributed by atoms with E-state index in [-0.39, 0.29) is 36.4 Å². The van der Waals surface area contributed by atoms with E-state index < -0.39 is 5.97 Å². The van der Waals surface area contributed by atoms with Crippen molar-refractivity contribution < 1.29 is 19.5 Å². The Morgan fingerprint density at radius 1 is 1.31 bits per heavy atom. The second-order valence-corrected chi connectivity index (χ2v) is 8.19. The van der Waals surface area contributed by atoms with Gasteiger partial charge in [0.15, 0.2) is 0 Å². The highest BCUT2D eigenvalue weighted by Crippen LogP contribution is 2.33. The standard InChI is InChI=1S/C10H16N2O3S.C8H17NO/c13-8(14)4-2-1-3-7-9-6(5-16-7)11-10(15)12-9;1-4-5-6-7(2)8(10)9-3/h6-7,9H,1-5H2,(H,13,14)(H2,11,12,15);7H,4-6H2,1-3H3,(H,9,10)/t6-,7-,9-;/m0./s1. The smallest absolute Gasteiger partial charge is 0.315 e. The lowest BCUT2D eigenvalue weighted by molar-refractivity contribution is -0.137. The molecule has 1 unspecified atom stereocenters. The van der Waals surface area contributed by atoms with Gasteiger partial charge in [-0.25, -0.2) is 4.79 Å². The minimum Gasteiger partial charge on any atom is -0.481 e. The third kappa shape index (κ3) is 7.85. The Morgan fingerprint density at radius 2 is 2.04 bits per heavy atom. The topological polar surface area (TPSA) is 108 Å². The lowest BCUT2D eigenvalue weighted by atomic mass is 10.0. The van der Waals surface area contributed by atoms with Crippen LogP contribution < -0.4 is 16.0 Å². The van der Waals surface area contributed by atoms with Crippen LogP contribution in [0, 0.1) is 5.92 Å². The number of thioether (sulfide) groups is 1. The highest BCUT2D eigenvalue weighted by Gasteiger charge is 2.42. The molecule has 0 bridgehead atoms. The van der Waals surface area contributed by atoms with Gasteiger partial charge in [0.1, 0.15) is 0 Å². The molecule has 2 saturated heterocycles. The fourth-order valence-electron chi connectivity index (χ4n) is 3.15. The first kappa shape index (κ1) is 22.6. The van der Waals surface area contributed by atoms with Crippen LogP contribution in [0.4, 0.5) is 4.79 Å². The molecule has 150 valence electrons. The van der Waals surface area contributed by atoms with E-state index in [4.69, 9.17) is 5.11 Å². The summed E-state index contributed by atoms with van der Waals surface area (Å²) < 4.78 is 0. The summed E-state index contributed by atoms with van der Waals surface area (Å²) in [6.45, 7) is 4.10. The predicted octanol–water partition coefficient (Wildman–Crippen LogP) is 2.36. The SMILES string of the molecule is CCCCC(C)C(=O)NC.O=C(O)CCCC[C@@H]1SC[C@@H]2NC(=O)N[C@@H]21. The first-order valence-corrected chi connectivity index (χ1v) is 10.6. The summed E-state index contributed by atoms with van der Waals surface area (Å²) in [6.07, 6.45) is 6.21. The summed E-state index contributed by atoms with van der Waals surface area (Å²) in [6, 6.07) is 0.440. The highest BCUT2D eigenvalue weighted by atomic mass is 32.2. The zero-order valence-corrected chi connectivity index (χ0v) is 16.9. The predicted molar refractivity (Wildman–Crippen MR) is 104 cm³/mol. The normalized spacial score (nSPS) is 24.6. The van der Waals surface area contributed by atoms with E-state index in [2.05, 4.69) is 22.9 Å². The van der Waals surface area contributed by atoms with Crippen LogP contribution in [0.25, 0.3) is 0 Å². The molecule has 3 amide bonds. The van der Waals surface area contributed by atoms with Gasteiger partial charge >= 0.3 is 12.0 Å². The third-order valence-electron chi connectivity index (χ3n) is 4.75. The Labute approximate surface area is 160 Å². The lowest BCUT2D eigenvalue weighted by Gasteiger charge is -2.16. The van der Waals surface area contributed by atoms with E-state index >= 15 is 0 Å². The summed E-state index contributed by atoms with van der Waals surface area (Å²) in [5.74, 6) is 0.582. The highest BCUT2D eigenvalue weighted by molar-refractivity contribution is 8.00. The van der Waals surface area contributed by atoms with E-state index in [1.54, 1.807) is 7.05 Å². The minimum absolute atomic E-state index is 0.0640. The van der Waals surface area contributed by atoms with Gasteiger partial charge in [0.25, 0.3) is 0 Å². The minimum atomic E-state index is -0.729. The molecule has 0 aromatic rings. The Balaban J connectivity index is 0.000000294. The first-order valence-electron chi connectivity index (χ1n) is 9.51. The van der Waals surface area contributed by atoms with Gasteiger partial charge in [0.05, 0.1) is 12.1 Å². The number of nitrogens with one attached hydrogen (secondary N) is 3. The van der Waals surface area contributed by atoms with Crippen LogP contribution in [0.5, 0.6) is 0 Å². The number of fused-ring (bicyclic) bond motifs is 1. The quantitative estimate of drug-likeness (QED) is 0.359. The molecule has 2 fully saturated rings. The molecular weight excluding hydrogens is 354 g/mol. The maximum absolute atomic E-state index is 11.1. The average Bonchev–Trinajstić information content (AvgIpc) is 3.15. The van der Waals surface area contributed by atoms with Crippen LogP contribution in [-0.4, -0.2) is 53.1 Å². The number of carbonyl (C=O) groups excluding carboxylic acids is 2. The number of hydrogen-bond acceptors (Lipinski definition) is 4. The maximum Gasteiger partial charge on any atom is 0.315 e. The summed E-state index contributed by atoms with van der Waals surface area (Å²) >= 11 is 1.87. The van der Waals surface area contributed by atoms with Crippen molar-refractivity contribution in [1.82, 2.24) is 16.0 Å². The van der Waals surface area contributed by atoms with E-state index in [0.717, 1.165) is 37.9 Å². The Hall–Kier alpha value is -1.44. The van der Waals surface area contributed by atoms with Crippen molar-refractivity contribution in [3.63, 3.8) is 0 Å². The van der Waals surface area contributed by atoms with Gasteiger partial charge in [0.2, 0.25) is 5.91 Å². The van der Waals surface area contributed by atoms with Crippen molar-refractivity contribution in [2.45, 2.75) is 76.1 Å². The molecule has 0 aromatic carbocycles. The lowest BCUT2D eigenvalue weighted by Crippen LogP contribution is -2.36. The van der Waals surface area contributed by atoms with Gasteiger partial charge in [-0.15, -0.1) is 0 Å². The number of urea groups is 1. The molecule has 4 atom stereocenters. The molecule has 26 heavy (non-hydrogen) atoms. The van der Waals surface area contributed by atoms with Crippen LogP contribution in [0.1, 0.15) is 58.8 Å². The summed E-state index contributed by atoms with van der Waals surface area (Å²) in [4.78, 5) is 32.4. The summed E-state index contributed by atoms with van der Waals surface area (Å²) in [7, 11) is 1.69. The Bertz CT molecular complexity index is 475. The summed E-state index contributed by atoms with van der Waals surface area (Å²) in [5.41, 5.74) is 0. The van der Waals surface area contributed by atoms with Crippen molar-refractivity contribution in [3.8, 4) is 0 Å². The van der Waals surface area contributed by atoms with Crippen LogP contribution in [0.2, 0.25) is 0 Å². The number of carboxylic acid groups (broad SMARTS) is 1. The number of carbonyl (C=O) groups is 3. The van der Waals surface area contributed by atoms with Crippen molar-refractivity contribution in [1.29, 1.82) is 0 Å². The van der Waals surface area contributed by atoms with Gasteiger partial charge in [-0.1, -0.05) is 33.1 Å². The van der Waals surface area contributed by atoms with Gasteiger partial charge in [-0.3, -0.25) is 9.59 Å². The number of hydrogen-bond donors (Lipinski definition) is 4. The average molecular weight is 388 g/mol. The van der Waals surface area contributed by atoms with Crippen LogP contribution in [0.3, 0.4) is 0 Å². The van der Waals surface area contributed by atoms with Crippen LogP contribution in [0.15, 0.2) is 0 Å². The molecule has 8 heteroatoms. The molecule has 2 heterocycles. The molecule has 0 aromatic heterocycles. The fourth-order valence-corrected chi connectivity index (χ4v) is 4.70. The van der Waals surface area contributed by atoms with Crippen LogP contribution >= 0.6 is 11.8 Å². The maximum atomic E-state index is 11.1. The molecule has 4 N–H and O–H groups in total. The van der Waals surface area contributed by atoms with E-state index in [1.807, 2.05) is 18.7 Å². The van der Waals surface area contributed by atoms with Gasteiger partial charge in [-0.2, -0.15) is 11.8 Å². The molecular formula is C18H33N3O4S. The number of carboxylic acids is 1. The Kier molecular flexibility index (Phi) is 10.5. The van der Waals surface area contributed by atoms with Gasteiger partial charge < -0.3 is 21.1 Å². The largest absolute Gasteiger partial charge is 0.481 e. The molecule has 2 rings (SSSR count). The first-order chi connectivity index (χ1) is 12.4. The van der Waals surface area contributed by atoms with Gasteiger partial charge in [0, 0.05) is 30.4 Å². The zero-order valence-electron chi connectivity index (χ0n) is 16.0. The number of amides is 3. The monoisotopic (exact) mass is 387 g/mol. The van der Waals surface area contributed by atoms with Crippen LogP contribution in [-0.2, 0) is 9.59 Å². The van der Waals surface area contributed by atoms with Crippen molar-refractivity contribution in [2.24, 2.45) is 5.92 Å². The van der Waals surface area contributed by atoms with Crippen molar-refractivity contribution >= 4 is 29.7 Å². The van der Waals surface area contributed by atoms with E-state index in [0.29, 0.717) is 5.25 Å². The van der Waals surface area contributed by atoms with E-state index in [1.165, 1.54) is 6.42 Å².